The number of ether oxygens (including phenoxy) is 1. The molecule has 0 aliphatic carbocycles. The fourth-order valence-corrected chi connectivity index (χ4v) is 1.68. The lowest BCUT2D eigenvalue weighted by atomic mass is 10.1. The minimum atomic E-state index is 0.0477. The third-order valence-corrected chi connectivity index (χ3v) is 2.53. The Hall–Kier alpha value is -0.730. The second kappa shape index (κ2) is 6.12. The third-order valence-electron chi connectivity index (χ3n) is 2.10. The second-order valence-electron chi connectivity index (χ2n) is 3.82. The highest BCUT2D eigenvalue weighted by Crippen LogP contribution is 2.24. The first-order chi connectivity index (χ1) is 7.49. The van der Waals surface area contributed by atoms with Crippen molar-refractivity contribution in [3.8, 4) is 5.75 Å². The molecule has 0 heterocycles. The van der Waals surface area contributed by atoms with Gasteiger partial charge in [-0.05, 0) is 18.2 Å². The van der Waals surface area contributed by atoms with E-state index in [0.29, 0.717) is 28.8 Å². The van der Waals surface area contributed by atoms with Gasteiger partial charge in [0.25, 0.3) is 0 Å². The Morgan fingerprint density at radius 1 is 1.25 bits per heavy atom. The third kappa shape index (κ3) is 4.42. The molecule has 2 nitrogen and oxygen atoms in total. The Morgan fingerprint density at radius 2 is 1.81 bits per heavy atom. The van der Waals surface area contributed by atoms with E-state index in [2.05, 4.69) is 0 Å². The Kier molecular flexibility index (Phi) is 5.10. The van der Waals surface area contributed by atoms with Gasteiger partial charge in [0.1, 0.15) is 11.5 Å². The van der Waals surface area contributed by atoms with Crippen molar-refractivity contribution in [2.24, 2.45) is 5.92 Å². The molecule has 1 rings (SSSR count). The zero-order valence-corrected chi connectivity index (χ0v) is 10.8. The summed E-state index contributed by atoms with van der Waals surface area (Å²) in [7, 11) is 0. The molecule has 88 valence electrons. The fraction of sp³-hybridized carbons (Fsp3) is 0.417. The number of carbonyl (C=O) groups excluding carboxylic acids is 1. The quantitative estimate of drug-likeness (QED) is 0.801. The molecule has 0 saturated heterocycles. The lowest BCUT2D eigenvalue weighted by Gasteiger charge is -2.07. The van der Waals surface area contributed by atoms with E-state index in [4.69, 9.17) is 27.9 Å². The maximum atomic E-state index is 11.3. The Morgan fingerprint density at radius 3 is 2.31 bits per heavy atom. The van der Waals surface area contributed by atoms with Crippen LogP contribution in [0.25, 0.3) is 0 Å². The van der Waals surface area contributed by atoms with E-state index in [-0.39, 0.29) is 11.7 Å². The van der Waals surface area contributed by atoms with Crippen molar-refractivity contribution < 1.29 is 9.53 Å². The second-order valence-corrected chi connectivity index (χ2v) is 4.70. The number of hydrogen-bond acceptors (Lipinski definition) is 2. The molecule has 0 bridgehead atoms. The van der Waals surface area contributed by atoms with Crippen LogP contribution in [0, 0.1) is 5.92 Å². The van der Waals surface area contributed by atoms with Gasteiger partial charge in [-0.25, -0.2) is 0 Å². The maximum absolute atomic E-state index is 11.3. The highest BCUT2D eigenvalue weighted by Gasteiger charge is 2.07. The highest BCUT2D eigenvalue weighted by atomic mass is 35.5. The summed E-state index contributed by atoms with van der Waals surface area (Å²) in [5, 5.41) is 1.05. The summed E-state index contributed by atoms with van der Waals surface area (Å²) < 4.78 is 5.40. The first-order valence-electron chi connectivity index (χ1n) is 5.10. The summed E-state index contributed by atoms with van der Waals surface area (Å²) in [6.45, 7) is 4.10. The van der Waals surface area contributed by atoms with Gasteiger partial charge in [0.05, 0.1) is 6.61 Å². The van der Waals surface area contributed by atoms with Gasteiger partial charge in [-0.3, -0.25) is 4.79 Å². The zero-order chi connectivity index (χ0) is 12.1. The van der Waals surface area contributed by atoms with E-state index in [1.54, 1.807) is 18.2 Å². The summed E-state index contributed by atoms with van der Waals surface area (Å²) in [5.41, 5.74) is 0. The molecule has 1 aromatic carbocycles. The van der Waals surface area contributed by atoms with Crippen molar-refractivity contribution in [3.05, 3.63) is 28.2 Å². The molecule has 0 aliphatic rings. The lowest BCUT2D eigenvalue weighted by Crippen LogP contribution is -2.11. The standard InChI is InChI=1S/C12H14Cl2O2/c1-8(2)12(15)3-4-16-11-6-9(13)5-10(14)7-11/h5-8H,3-4H2,1-2H3. The van der Waals surface area contributed by atoms with Crippen LogP contribution in [0.1, 0.15) is 20.3 Å². The van der Waals surface area contributed by atoms with Gasteiger partial charge in [-0.1, -0.05) is 37.0 Å². The summed E-state index contributed by atoms with van der Waals surface area (Å²) in [5.74, 6) is 0.828. The molecule has 0 spiro atoms. The molecule has 0 N–H and O–H groups in total. The Bertz CT molecular complexity index is 355. The Balaban J connectivity index is 2.46. The normalized spacial score (nSPS) is 10.6. The maximum Gasteiger partial charge on any atom is 0.138 e. The van der Waals surface area contributed by atoms with Crippen LogP contribution >= 0.6 is 23.2 Å². The number of benzene rings is 1. The fourth-order valence-electron chi connectivity index (χ4n) is 1.17. The monoisotopic (exact) mass is 260 g/mol. The molecular formula is C12H14Cl2O2. The van der Waals surface area contributed by atoms with Gasteiger partial charge in [-0.15, -0.1) is 0 Å². The van der Waals surface area contributed by atoms with Crippen LogP contribution in [0.15, 0.2) is 18.2 Å². The first-order valence-corrected chi connectivity index (χ1v) is 5.86. The van der Waals surface area contributed by atoms with E-state index in [1.807, 2.05) is 13.8 Å². The predicted molar refractivity (Wildman–Crippen MR) is 66.4 cm³/mol. The van der Waals surface area contributed by atoms with Gasteiger partial charge in [0, 0.05) is 22.4 Å². The van der Waals surface area contributed by atoms with Crippen molar-refractivity contribution in [2.75, 3.05) is 6.61 Å². The largest absolute Gasteiger partial charge is 0.493 e. The van der Waals surface area contributed by atoms with Crippen LogP contribution in [0.5, 0.6) is 5.75 Å². The number of carbonyl (C=O) groups is 1. The molecule has 0 aromatic heterocycles. The topological polar surface area (TPSA) is 26.3 Å². The van der Waals surface area contributed by atoms with Crippen LogP contribution in [0.2, 0.25) is 10.0 Å². The van der Waals surface area contributed by atoms with Crippen molar-refractivity contribution in [3.63, 3.8) is 0 Å². The van der Waals surface area contributed by atoms with Crippen LogP contribution in [0.3, 0.4) is 0 Å². The number of Topliss-reactive ketones (excluding diaryl/α,β-unsaturated/α-hetero) is 1. The smallest absolute Gasteiger partial charge is 0.138 e. The molecule has 0 amide bonds. The SMILES string of the molecule is CC(C)C(=O)CCOc1cc(Cl)cc(Cl)c1. The van der Waals surface area contributed by atoms with Crippen molar-refractivity contribution in [1.82, 2.24) is 0 Å². The van der Waals surface area contributed by atoms with Gasteiger partial charge in [0.2, 0.25) is 0 Å². The summed E-state index contributed by atoms with van der Waals surface area (Å²) in [6.07, 6.45) is 0.405. The molecular weight excluding hydrogens is 247 g/mol. The zero-order valence-electron chi connectivity index (χ0n) is 9.30. The molecule has 0 saturated carbocycles. The van der Waals surface area contributed by atoms with E-state index >= 15 is 0 Å². The van der Waals surface area contributed by atoms with Crippen molar-refractivity contribution in [1.29, 1.82) is 0 Å². The van der Waals surface area contributed by atoms with E-state index in [1.165, 1.54) is 0 Å². The predicted octanol–water partition coefficient (Wildman–Crippen LogP) is 3.99. The first kappa shape index (κ1) is 13.3. The Labute approximate surface area is 106 Å². The number of rotatable bonds is 5. The summed E-state index contributed by atoms with van der Waals surface area (Å²) >= 11 is 11.6. The number of ketones is 1. The van der Waals surface area contributed by atoms with Crippen LogP contribution in [0.4, 0.5) is 0 Å². The highest BCUT2D eigenvalue weighted by molar-refractivity contribution is 6.34. The number of hydrogen-bond donors (Lipinski definition) is 0. The molecule has 0 fully saturated rings. The van der Waals surface area contributed by atoms with Gasteiger partial charge in [-0.2, -0.15) is 0 Å². The molecule has 1 aromatic rings. The average molecular weight is 261 g/mol. The molecule has 0 unspecified atom stereocenters. The van der Waals surface area contributed by atoms with Crippen LogP contribution in [-0.4, -0.2) is 12.4 Å². The van der Waals surface area contributed by atoms with E-state index in [0.717, 1.165) is 0 Å². The molecule has 0 aliphatic heterocycles. The van der Waals surface area contributed by atoms with Gasteiger partial charge < -0.3 is 4.74 Å². The molecule has 0 radical (unpaired) electrons. The molecule has 4 heteroatoms. The summed E-state index contributed by atoms with van der Waals surface area (Å²) in [6, 6.07) is 4.98. The van der Waals surface area contributed by atoms with Gasteiger partial charge >= 0.3 is 0 Å². The van der Waals surface area contributed by atoms with Crippen LogP contribution in [-0.2, 0) is 4.79 Å². The average Bonchev–Trinajstić information content (AvgIpc) is 2.15. The molecule has 16 heavy (non-hydrogen) atoms. The van der Waals surface area contributed by atoms with Gasteiger partial charge in [0.15, 0.2) is 0 Å². The minimum absolute atomic E-state index is 0.0477. The number of halogens is 2. The lowest BCUT2D eigenvalue weighted by molar-refractivity contribution is -0.122. The van der Waals surface area contributed by atoms with Crippen LogP contribution < -0.4 is 4.74 Å². The van der Waals surface area contributed by atoms with E-state index < -0.39 is 0 Å². The summed E-state index contributed by atoms with van der Waals surface area (Å²) in [4.78, 5) is 11.3. The van der Waals surface area contributed by atoms with Crippen molar-refractivity contribution >= 4 is 29.0 Å². The molecule has 0 atom stereocenters. The minimum Gasteiger partial charge on any atom is -0.493 e. The van der Waals surface area contributed by atoms with Crippen molar-refractivity contribution in [2.45, 2.75) is 20.3 Å². The van der Waals surface area contributed by atoms with E-state index in [9.17, 15) is 4.79 Å².